The molecule has 0 bridgehead atoms. The van der Waals surface area contributed by atoms with Gasteiger partial charge in [0.15, 0.2) is 0 Å². The number of carbonyl (C=O) groups is 1. The van der Waals surface area contributed by atoms with Crippen LogP contribution >= 0.6 is 0 Å². The van der Waals surface area contributed by atoms with Crippen molar-refractivity contribution in [2.24, 2.45) is 0 Å². The van der Waals surface area contributed by atoms with Gasteiger partial charge in [-0.25, -0.2) is 0 Å². The maximum atomic E-state index is 11.2. The lowest BCUT2D eigenvalue weighted by Crippen LogP contribution is -2.04. The number of hydrogen-bond acceptors (Lipinski definition) is 2. The Morgan fingerprint density at radius 1 is 0.433 bits per heavy atom. The molecule has 2 nitrogen and oxygen atoms in total. The Bertz CT molecular complexity index is 327. The second kappa shape index (κ2) is 26.5. The second-order valence-electron chi connectivity index (χ2n) is 9.40. The standard InChI is InChI=1S/C28H56O2/c1-3-5-6-7-8-9-10-11-12-13-14-15-16-17-18-19-20-21-22-23-24-25-27-30-28(29)26-4-2/h3-27H2,1-2H3. The van der Waals surface area contributed by atoms with E-state index in [0.29, 0.717) is 13.0 Å². The van der Waals surface area contributed by atoms with Gasteiger partial charge in [0.25, 0.3) is 0 Å². The van der Waals surface area contributed by atoms with Crippen LogP contribution in [0, 0.1) is 0 Å². The van der Waals surface area contributed by atoms with Gasteiger partial charge in [-0.1, -0.05) is 149 Å². The van der Waals surface area contributed by atoms with Crippen LogP contribution in [0.5, 0.6) is 0 Å². The van der Waals surface area contributed by atoms with Crippen LogP contribution in [0.15, 0.2) is 0 Å². The lowest BCUT2D eigenvalue weighted by Gasteiger charge is -2.05. The molecule has 0 aromatic heterocycles. The quantitative estimate of drug-likeness (QED) is 0.108. The molecular formula is C28H56O2. The van der Waals surface area contributed by atoms with Crippen LogP contribution in [0.4, 0.5) is 0 Å². The third kappa shape index (κ3) is 25.5. The Kier molecular flexibility index (Phi) is 26.0. The van der Waals surface area contributed by atoms with Crippen molar-refractivity contribution in [2.45, 2.75) is 168 Å². The predicted octanol–water partition coefficient (Wildman–Crippen LogP) is 9.93. The highest BCUT2D eigenvalue weighted by atomic mass is 16.5. The smallest absolute Gasteiger partial charge is 0.305 e. The molecule has 0 unspecified atom stereocenters. The highest BCUT2D eigenvalue weighted by Gasteiger charge is 2.00. The summed E-state index contributed by atoms with van der Waals surface area (Å²) in [6, 6.07) is 0. The van der Waals surface area contributed by atoms with E-state index in [4.69, 9.17) is 4.74 Å². The fourth-order valence-corrected chi connectivity index (χ4v) is 4.17. The van der Waals surface area contributed by atoms with Crippen LogP contribution in [-0.4, -0.2) is 12.6 Å². The monoisotopic (exact) mass is 424 g/mol. The van der Waals surface area contributed by atoms with Crippen LogP contribution in [0.3, 0.4) is 0 Å². The molecule has 180 valence electrons. The fourth-order valence-electron chi connectivity index (χ4n) is 4.17. The van der Waals surface area contributed by atoms with Crippen molar-refractivity contribution < 1.29 is 9.53 Å². The molecular weight excluding hydrogens is 368 g/mol. The summed E-state index contributed by atoms with van der Waals surface area (Å²) in [5.41, 5.74) is 0. The lowest BCUT2D eigenvalue weighted by molar-refractivity contribution is -0.143. The zero-order valence-corrected chi connectivity index (χ0v) is 21.0. The highest BCUT2D eigenvalue weighted by molar-refractivity contribution is 5.69. The summed E-state index contributed by atoms with van der Waals surface area (Å²) >= 11 is 0. The normalized spacial score (nSPS) is 11.1. The predicted molar refractivity (Wildman–Crippen MR) is 133 cm³/mol. The molecule has 0 radical (unpaired) electrons. The van der Waals surface area contributed by atoms with Crippen molar-refractivity contribution in [3.63, 3.8) is 0 Å². The summed E-state index contributed by atoms with van der Waals surface area (Å²) in [6.07, 6.45) is 32.3. The second-order valence-corrected chi connectivity index (χ2v) is 9.40. The van der Waals surface area contributed by atoms with Gasteiger partial charge < -0.3 is 4.74 Å². The number of carbonyl (C=O) groups excluding carboxylic acids is 1. The summed E-state index contributed by atoms with van der Waals surface area (Å²) < 4.78 is 5.19. The van der Waals surface area contributed by atoms with E-state index in [1.165, 1.54) is 135 Å². The molecule has 0 aromatic rings. The van der Waals surface area contributed by atoms with Crippen LogP contribution < -0.4 is 0 Å². The first-order valence-corrected chi connectivity index (χ1v) is 14.0. The van der Waals surface area contributed by atoms with Gasteiger partial charge in [0.05, 0.1) is 6.61 Å². The zero-order chi connectivity index (χ0) is 22.0. The molecule has 0 aliphatic rings. The summed E-state index contributed by atoms with van der Waals surface area (Å²) in [7, 11) is 0. The molecule has 0 N–H and O–H groups in total. The average molecular weight is 425 g/mol. The molecule has 0 fully saturated rings. The lowest BCUT2D eigenvalue weighted by atomic mass is 10.0. The summed E-state index contributed by atoms with van der Waals surface area (Å²) in [6.45, 7) is 4.93. The number of esters is 1. The summed E-state index contributed by atoms with van der Waals surface area (Å²) in [5.74, 6) is -0.0269. The van der Waals surface area contributed by atoms with Crippen LogP contribution in [-0.2, 0) is 9.53 Å². The maximum Gasteiger partial charge on any atom is 0.305 e. The molecule has 0 heterocycles. The first-order chi connectivity index (χ1) is 14.8. The summed E-state index contributed by atoms with van der Waals surface area (Å²) in [4.78, 5) is 11.2. The number of ether oxygens (including phenoxy) is 1. The van der Waals surface area contributed by atoms with E-state index >= 15 is 0 Å². The average Bonchev–Trinajstić information content (AvgIpc) is 2.74. The molecule has 30 heavy (non-hydrogen) atoms. The molecule has 0 saturated heterocycles. The van der Waals surface area contributed by atoms with Gasteiger partial charge in [-0.3, -0.25) is 4.79 Å². The molecule has 0 aliphatic heterocycles. The minimum absolute atomic E-state index is 0.0269. The molecule has 0 spiro atoms. The van der Waals surface area contributed by atoms with Gasteiger partial charge in [-0.05, 0) is 12.8 Å². The van der Waals surface area contributed by atoms with E-state index in [1.807, 2.05) is 6.92 Å². The Hall–Kier alpha value is -0.530. The van der Waals surface area contributed by atoms with E-state index in [2.05, 4.69) is 6.92 Å². The van der Waals surface area contributed by atoms with Gasteiger partial charge in [-0.15, -0.1) is 0 Å². The van der Waals surface area contributed by atoms with Crippen LogP contribution in [0.25, 0.3) is 0 Å². The van der Waals surface area contributed by atoms with Crippen molar-refractivity contribution >= 4 is 5.97 Å². The summed E-state index contributed by atoms with van der Waals surface area (Å²) in [5, 5.41) is 0. The van der Waals surface area contributed by atoms with Gasteiger partial charge in [-0.2, -0.15) is 0 Å². The molecule has 0 rings (SSSR count). The fraction of sp³-hybridized carbons (Fsp3) is 0.964. The van der Waals surface area contributed by atoms with Crippen LogP contribution in [0.1, 0.15) is 168 Å². The van der Waals surface area contributed by atoms with Crippen molar-refractivity contribution in [2.75, 3.05) is 6.61 Å². The minimum Gasteiger partial charge on any atom is -0.466 e. The van der Waals surface area contributed by atoms with Crippen molar-refractivity contribution in [3.8, 4) is 0 Å². The number of rotatable bonds is 25. The molecule has 2 heteroatoms. The third-order valence-electron chi connectivity index (χ3n) is 6.22. The van der Waals surface area contributed by atoms with Gasteiger partial charge >= 0.3 is 5.97 Å². The Labute approximate surface area is 190 Å². The topological polar surface area (TPSA) is 26.3 Å². The number of unbranched alkanes of at least 4 members (excludes halogenated alkanes) is 21. The molecule has 0 saturated carbocycles. The highest BCUT2D eigenvalue weighted by Crippen LogP contribution is 2.15. The maximum absolute atomic E-state index is 11.2. The van der Waals surface area contributed by atoms with E-state index < -0.39 is 0 Å². The molecule has 0 amide bonds. The van der Waals surface area contributed by atoms with E-state index in [0.717, 1.165) is 12.8 Å². The SMILES string of the molecule is CCCCCCCCCCCCCCCCCCCCCCCCOC(=O)CCC. The zero-order valence-electron chi connectivity index (χ0n) is 21.0. The van der Waals surface area contributed by atoms with Crippen molar-refractivity contribution in [1.29, 1.82) is 0 Å². The number of hydrogen-bond donors (Lipinski definition) is 0. The minimum atomic E-state index is -0.0269. The molecule has 0 aromatic carbocycles. The van der Waals surface area contributed by atoms with Crippen LogP contribution in [0.2, 0.25) is 0 Å². The van der Waals surface area contributed by atoms with Gasteiger partial charge in [0, 0.05) is 6.42 Å². The third-order valence-corrected chi connectivity index (χ3v) is 6.22. The largest absolute Gasteiger partial charge is 0.466 e. The Morgan fingerprint density at radius 3 is 1.03 bits per heavy atom. The van der Waals surface area contributed by atoms with Gasteiger partial charge in [0.1, 0.15) is 0 Å². The van der Waals surface area contributed by atoms with E-state index in [1.54, 1.807) is 0 Å². The molecule has 0 aliphatic carbocycles. The van der Waals surface area contributed by atoms with Gasteiger partial charge in [0.2, 0.25) is 0 Å². The van der Waals surface area contributed by atoms with E-state index in [-0.39, 0.29) is 5.97 Å². The van der Waals surface area contributed by atoms with Crippen molar-refractivity contribution in [1.82, 2.24) is 0 Å². The first-order valence-electron chi connectivity index (χ1n) is 14.0. The van der Waals surface area contributed by atoms with Crippen molar-refractivity contribution in [3.05, 3.63) is 0 Å². The Morgan fingerprint density at radius 2 is 0.733 bits per heavy atom. The molecule has 0 atom stereocenters. The van der Waals surface area contributed by atoms with E-state index in [9.17, 15) is 4.79 Å². The first kappa shape index (κ1) is 29.5. The Balaban J connectivity index is 3.03.